The Bertz CT molecular complexity index is 867. The molecule has 0 radical (unpaired) electrons. The molecule has 0 amide bonds. The van der Waals surface area contributed by atoms with Crippen LogP contribution in [0.5, 0.6) is 0 Å². The second-order valence-electron chi connectivity index (χ2n) is 8.05. The molecule has 0 saturated heterocycles. The zero-order chi connectivity index (χ0) is 20.8. The summed E-state index contributed by atoms with van der Waals surface area (Å²) in [6.45, 7) is 12.5. The fourth-order valence-electron chi connectivity index (χ4n) is 4.01. The third kappa shape index (κ3) is 5.03. The van der Waals surface area contributed by atoms with E-state index in [0.29, 0.717) is 17.6 Å². The lowest BCUT2D eigenvalue weighted by Gasteiger charge is -2.18. The lowest BCUT2D eigenvalue weighted by atomic mass is 9.89. The van der Waals surface area contributed by atoms with Crippen LogP contribution in [0.2, 0.25) is 0 Å². The maximum absolute atomic E-state index is 13.5. The van der Waals surface area contributed by atoms with Gasteiger partial charge in [0, 0.05) is 22.6 Å². The molecular formula is C25H35O2P. The Morgan fingerprint density at radius 3 is 2.32 bits per heavy atom. The fourth-order valence-corrected chi connectivity index (χ4v) is 6.02. The lowest BCUT2D eigenvalue weighted by molar-refractivity contribution is 0.103. The van der Waals surface area contributed by atoms with Crippen molar-refractivity contribution in [3.8, 4) is 0 Å². The van der Waals surface area contributed by atoms with Crippen LogP contribution < -0.4 is 5.30 Å². The maximum atomic E-state index is 13.5. The van der Waals surface area contributed by atoms with Crippen molar-refractivity contribution in [2.45, 2.75) is 67.2 Å². The highest BCUT2D eigenvalue weighted by Crippen LogP contribution is 2.31. The Labute approximate surface area is 171 Å². The highest BCUT2D eigenvalue weighted by molar-refractivity contribution is 7.53. The van der Waals surface area contributed by atoms with E-state index in [4.69, 9.17) is 0 Å². The van der Waals surface area contributed by atoms with E-state index < -0.39 is 7.80 Å². The summed E-state index contributed by atoms with van der Waals surface area (Å²) < 4.78 is 13.3. The SMILES string of the molecule is CCCCC(CC)C[PH](=O)c1ccccc1C(=O)c1c(C)cc(C)c(C)c1C. The third-order valence-electron chi connectivity index (χ3n) is 6.07. The van der Waals surface area contributed by atoms with E-state index in [1.165, 1.54) is 12.0 Å². The van der Waals surface area contributed by atoms with Crippen LogP contribution in [0.15, 0.2) is 30.3 Å². The molecule has 28 heavy (non-hydrogen) atoms. The van der Waals surface area contributed by atoms with Crippen LogP contribution in [0.25, 0.3) is 0 Å². The topological polar surface area (TPSA) is 34.1 Å². The van der Waals surface area contributed by atoms with Crippen LogP contribution in [0.1, 0.15) is 77.7 Å². The van der Waals surface area contributed by atoms with E-state index in [0.717, 1.165) is 46.8 Å². The molecule has 2 aromatic carbocycles. The van der Waals surface area contributed by atoms with Crippen LogP contribution in [0, 0.1) is 33.6 Å². The largest absolute Gasteiger partial charge is 0.322 e. The number of unbranched alkanes of at least 4 members (excludes halogenated alkanes) is 1. The summed E-state index contributed by atoms with van der Waals surface area (Å²) in [4.78, 5) is 13.5. The van der Waals surface area contributed by atoms with Gasteiger partial charge in [0.05, 0.1) is 0 Å². The zero-order valence-electron chi connectivity index (χ0n) is 18.3. The van der Waals surface area contributed by atoms with Crippen LogP contribution in [0.4, 0.5) is 0 Å². The molecule has 2 nitrogen and oxygen atoms in total. The van der Waals surface area contributed by atoms with Gasteiger partial charge in [0.2, 0.25) is 0 Å². The molecular weight excluding hydrogens is 363 g/mol. The molecule has 0 saturated carbocycles. The third-order valence-corrected chi connectivity index (χ3v) is 8.06. The smallest absolute Gasteiger partial charge is 0.194 e. The van der Waals surface area contributed by atoms with Gasteiger partial charge in [0.1, 0.15) is 7.80 Å². The number of carbonyl (C=O) groups excluding carboxylic acids is 1. The van der Waals surface area contributed by atoms with Gasteiger partial charge < -0.3 is 4.57 Å². The summed E-state index contributed by atoms with van der Waals surface area (Å²) in [5.74, 6) is 0.480. The summed E-state index contributed by atoms with van der Waals surface area (Å²) in [6.07, 6.45) is 5.21. The Balaban J connectivity index is 2.40. The summed E-state index contributed by atoms with van der Waals surface area (Å²) in [7, 11) is -2.00. The monoisotopic (exact) mass is 398 g/mol. The maximum Gasteiger partial charge on any atom is 0.194 e. The fraction of sp³-hybridized carbons (Fsp3) is 0.480. The van der Waals surface area contributed by atoms with Crippen LogP contribution in [0.3, 0.4) is 0 Å². The molecule has 0 aliphatic heterocycles. The van der Waals surface area contributed by atoms with E-state index >= 15 is 0 Å². The predicted octanol–water partition coefficient (Wildman–Crippen LogP) is 6.55. The standard InChI is InChI=1S/C25H35O2P/c1-7-9-12-21(8-2)16-28(27)23-14-11-10-13-22(23)25(26)24-18(4)15-17(3)19(5)20(24)6/h10-11,13-15,21,28H,7-9,12,16H2,1-6H3. The molecule has 0 aromatic heterocycles. The zero-order valence-corrected chi connectivity index (χ0v) is 19.3. The van der Waals surface area contributed by atoms with Crippen molar-refractivity contribution in [1.29, 1.82) is 0 Å². The molecule has 152 valence electrons. The molecule has 0 N–H and O–H groups in total. The first-order valence-corrected chi connectivity index (χ1v) is 12.2. The van der Waals surface area contributed by atoms with Gasteiger partial charge in [-0.3, -0.25) is 4.79 Å². The first-order valence-electron chi connectivity index (χ1n) is 10.6. The summed E-state index contributed by atoms with van der Waals surface area (Å²) >= 11 is 0. The van der Waals surface area contributed by atoms with Gasteiger partial charge >= 0.3 is 0 Å². The number of hydrogen-bond acceptors (Lipinski definition) is 2. The van der Waals surface area contributed by atoms with E-state index in [-0.39, 0.29) is 5.78 Å². The van der Waals surface area contributed by atoms with Gasteiger partial charge in [-0.25, -0.2) is 0 Å². The summed E-state index contributed by atoms with van der Waals surface area (Å²) in [6, 6.07) is 9.61. The molecule has 0 aliphatic rings. The van der Waals surface area contributed by atoms with Gasteiger partial charge in [-0.15, -0.1) is 0 Å². The van der Waals surface area contributed by atoms with Crippen LogP contribution >= 0.6 is 7.80 Å². The second kappa shape index (κ2) is 10.2. The van der Waals surface area contributed by atoms with Crippen molar-refractivity contribution in [3.63, 3.8) is 0 Å². The minimum atomic E-state index is -2.00. The number of aryl methyl sites for hydroxylation is 2. The van der Waals surface area contributed by atoms with Crippen LogP contribution in [-0.2, 0) is 4.57 Å². The van der Waals surface area contributed by atoms with Gasteiger partial charge in [0.15, 0.2) is 5.78 Å². The van der Waals surface area contributed by atoms with E-state index in [1.807, 2.05) is 38.1 Å². The number of benzene rings is 2. The van der Waals surface area contributed by atoms with Crippen molar-refractivity contribution < 1.29 is 9.36 Å². The van der Waals surface area contributed by atoms with E-state index in [2.05, 4.69) is 33.8 Å². The molecule has 3 heteroatoms. The molecule has 0 fully saturated rings. The molecule has 0 bridgehead atoms. The van der Waals surface area contributed by atoms with Gasteiger partial charge in [-0.05, 0) is 55.9 Å². The molecule has 0 heterocycles. The first-order chi connectivity index (χ1) is 13.3. The minimum absolute atomic E-state index is 0.00802. The highest BCUT2D eigenvalue weighted by atomic mass is 31.1. The van der Waals surface area contributed by atoms with Gasteiger partial charge in [0.25, 0.3) is 0 Å². The van der Waals surface area contributed by atoms with E-state index in [9.17, 15) is 9.36 Å². The van der Waals surface area contributed by atoms with Crippen molar-refractivity contribution in [1.82, 2.24) is 0 Å². The highest BCUT2D eigenvalue weighted by Gasteiger charge is 2.22. The Hall–Kier alpha value is -1.66. The Morgan fingerprint density at radius 2 is 1.68 bits per heavy atom. The molecule has 2 rings (SSSR count). The Morgan fingerprint density at radius 1 is 1.00 bits per heavy atom. The molecule has 2 aromatic rings. The molecule has 2 atom stereocenters. The number of ketones is 1. The van der Waals surface area contributed by atoms with Gasteiger partial charge in [-0.2, -0.15) is 0 Å². The average molecular weight is 399 g/mol. The number of carbonyl (C=O) groups is 1. The van der Waals surface area contributed by atoms with Crippen molar-refractivity contribution in [2.75, 3.05) is 6.16 Å². The second-order valence-corrected chi connectivity index (χ2v) is 9.85. The molecule has 2 unspecified atom stereocenters. The normalized spacial score (nSPS) is 13.4. The predicted molar refractivity (Wildman–Crippen MR) is 122 cm³/mol. The quantitative estimate of drug-likeness (QED) is 0.354. The van der Waals surface area contributed by atoms with Crippen molar-refractivity contribution in [3.05, 3.63) is 63.7 Å². The van der Waals surface area contributed by atoms with Gasteiger partial charge in [-0.1, -0.05) is 69.9 Å². The number of rotatable bonds is 9. The van der Waals surface area contributed by atoms with E-state index in [1.54, 1.807) is 0 Å². The Kier molecular flexibility index (Phi) is 8.25. The van der Waals surface area contributed by atoms with Crippen molar-refractivity contribution in [2.24, 2.45) is 5.92 Å². The summed E-state index contributed by atoms with van der Waals surface area (Å²) in [5.41, 5.74) is 5.77. The minimum Gasteiger partial charge on any atom is -0.322 e. The summed E-state index contributed by atoms with van der Waals surface area (Å²) in [5, 5.41) is 0.754. The lowest BCUT2D eigenvalue weighted by Crippen LogP contribution is -2.18. The van der Waals surface area contributed by atoms with Crippen molar-refractivity contribution >= 4 is 18.9 Å². The van der Waals surface area contributed by atoms with Crippen LogP contribution in [-0.4, -0.2) is 11.9 Å². The first kappa shape index (κ1) is 22.6. The number of hydrogen-bond donors (Lipinski definition) is 0. The molecule has 0 spiro atoms. The molecule has 0 aliphatic carbocycles. The average Bonchev–Trinajstić information content (AvgIpc) is 2.69.